The smallest absolute Gasteiger partial charge is 0.262 e. The third-order valence-electron chi connectivity index (χ3n) is 5.01. The normalized spacial score (nSPS) is 15.8. The van der Waals surface area contributed by atoms with Crippen LogP contribution in [0, 0.1) is 0 Å². The van der Waals surface area contributed by atoms with Crippen LogP contribution in [0.1, 0.15) is 49.0 Å². The van der Waals surface area contributed by atoms with Crippen LogP contribution in [0.15, 0.2) is 36.0 Å². The second-order valence-electron chi connectivity index (χ2n) is 7.68. The number of aliphatic imine (C=N–C) groups is 1. The molecule has 1 fully saturated rings. The number of likely N-dealkylation sites (tertiary alicyclic amines) is 1. The van der Waals surface area contributed by atoms with Crippen LogP contribution in [0.4, 0.5) is 14.5 Å². The second kappa shape index (κ2) is 10.5. The summed E-state index contributed by atoms with van der Waals surface area (Å²) in [4.78, 5) is 20.9. The Kier molecular flexibility index (Phi) is 8.32. The van der Waals surface area contributed by atoms with Crippen LogP contribution in [0.3, 0.4) is 0 Å². The lowest BCUT2D eigenvalue weighted by molar-refractivity contribution is -0.00554. The Morgan fingerprint density at radius 1 is 1.31 bits per heavy atom. The van der Waals surface area contributed by atoms with Gasteiger partial charge in [0.15, 0.2) is 0 Å². The molecule has 5 nitrogen and oxygen atoms in total. The van der Waals surface area contributed by atoms with E-state index in [1.54, 1.807) is 12.1 Å². The molecule has 0 spiro atoms. The number of benzene rings is 1. The number of amides is 1. The molecule has 2 rings (SSSR count). The van der Waals surface area contributed by atoms with Crippen molar-refractivity contribution in [3.8, 4) is 0 Å². The molecule has 29 heavy (non-hydrogen) atoms. The first-order valence-corrected chi connectivity index (χ1v) is 10.1. The van der Waals surface area contributed by atoms with Crippen molar-refractivity contribution in [1.82, 2.24) is 9.80 Å². The summed E-state index contributed by atoms with van der Waals surface area (Å²) in [6.45, 7) is 9.57. The second-order valence-corrected chi connectivity index (χ2v) is 7.68. The molecule has 1 heterocycles. The fraction of sp³-hybridized carbons (Fsp3) is 0.545. The molecule has 1 amide bonds. The summed E-state index contributed by atoms with van der Waals surface area (Å²) in [5, 5.41) is 3.00. The third kappa shape index (κ3) is 6.92. The van der Waals surface area contributed by atoms with Gasteiger partial charge in [-0.25, -0.2) is 8.78 Å². The molecule has 1 aromatic carbocycles. The molecule has 1 saturated heterocycles. The number of anilines is 1. The monoisotopic (exact) mass is 406 g/mol. The molecule has 1 aliphatic heterocycles. The van der Waals surface area contributed by atoms with E-state index < -0.39 is 18.4 Å². The highest BCUT2D eigenvalue weighted by atomic mass is 19.3. The van der Waals surface area contributed by atoms with Crippen molar-refractivity contribution in [2.24, 2.45) is 4.99 Å². The third-order valence-corrected chi connectivity index (χ3v) is 5.01. The number of hydrogen-bond donors (Lipinski definition) is 1. The molecule has 0 atom stereocenters. The van der Waals surface area contributed by atoms with Crippen molar-refractivity contribution in [3.05, 3.63) is 42.1 Å². The van der Waals surface area contributed by atoms with Crippen molar-refractivity contribution >= 4 is 17.3 Å². The van der Waals surface area contributed by atoms with Gasteiger partial charge in [0.1, 0.15) is 0 Å². The largest absolute Gasteiger partial charge is 0.361 e. The highest BCUT2D eigenvalue weighted by molar-refractivity contribution is 6.09. The molecular formula is C22H32F2N4O. The Morgan fingerprint density at radius 3 is 2.59 bits per heavy atom. The summed E-state index contributed by atoms with van der Waals surface area (Å²) in [5.74, 6) is -3.43. The van der Waals surface area contributed by atoms with Crippen LogP contribution in [0.25, 0.3) is 0 Å². The lowest BCUT2D eigenvalue weighted by Crippen LogP contribution is -2.36. The molecule has 1 N–H and O–H groups in total. The SMILES string of the molecule is C=CNc1c(C(=O)N(C)CC(C)(F)F)cccc1C(C)=NCCN1CCCCC1. The van der Waals surface area contributed by atoms with Crippen molar-refractivity contribution < 1.29 is 13.6 Å². The minimum absolute atomic E-state index is 0.319. The van der Waals surface area contributed by atoms with Crippen LogP contribution < -0.4 is 5.32 Å². The predicted octanol–water partition coefficient (Wildman–Crippen LogP) is 4.26. The summed E-state index contributed by atoms with van der Waals surface area (Å²) in [6, 6.07) is 5.25. The van der Waals surface area contributed by atoms with Crippen molar-refractivity contribution in [2.45, 2.75) is 39.0 Å². The molecule has 1 aromatic rings. The number of carbonyl (C=O) groups is 1. The summed E-state index contributed by atoms with van der Waals surface area (Å²) < 4.78 is 26.7. The predicted molar refractivity (Wildman–Crippen MR) is 115 cm³/mol. The van der Waals surface area contributed by atoms with Crippen LogP contribution in [-0.4, -0.2) is 67.1 Å². The van der Waals surface area contributed by atoms with E-state index in [1.807, 2.05) is 13.0 Å². The van der Waals surface area contributed by atoms with Gasteiger partial charge < -0.3 is 15.1 Å². The van der Waals surface area contributed by atoms with Gasteiger partial charge in [0.25, 0.3) is 11.8 Å². The van der Waals surface area contributed by atoms with E-state index >= 15 is 0 Å². The minimum atomic E-state index is -2.96. The molecular weight excluding hydrogens is 374 g/mol. The Bertz CT molecular complexity index is 737. The van der Waals surface area contributed by atoms with E-state index in [2.05, 4.69) is 16.8 Å². The quantitative estimate of drug-likeness (QED) is 0.623. The standard InChI is InChI=1S/C22H32F2N4O/c1-5-25-20-18(17(2)26-12-15-28-13-7-6-8-14-28)10-9-11-19(20)21(29)27(4)16-22(3,23)24/h5,9-11,25H,1,6-8,12-16H2,2-4H3. The Morgan fingerprint density at radius 2 is 1.97 bits per heavy atom. The fourth-order valence-corrected chi connectivity index (χ4v) is 3.61. The van der Waals surface area contributed by atoms with Crippen molar-refractivity contribution in [1.29, 1.82) is 0 Å². The van der Waals surface area contributed by atoms with Gasteiger partial charge in [0.05, 0.1) is 24.3 Å². The molecule has 1 aliphatic rings. The zero-order valence-corrected chi connectivity index (χ0v) is 17.7. The zero-order valence-electron chi connectivity index (χ0n) is 17.7. The van der Waals surface area contributed by atoms with Crippen molar-refractivity contribution in [2.75, 3.05) is 45.1 Å². The maximum atomic E-state index is 13.3. The topological polar surface area (TPSA) is 47.9 Å². The highest BCUT2D eigenvalue weighted by Crippen LogP contribution is 2.25. The maximum absolute atomic E-state index is 13.3. The Balaban J connectivity index is 2.20. The fourth-order valence-electron chi connectivity index (χ4n) is 3.61. The number of hydrogen-bond acceptors (Lipinski definition) is 4. The molecule has 0 radical (unpaired) electrons. The number of para-hydroxylation sites is 1. The molecule has 0 saturated carbocycles. The Labute approximate surface area is 172 Å². The summed E-state index contributed by atoms with van der Waals surface area (Å²) in [6.07, 6.45) is 5.26. The molecule has 0 unspecified atom stereocenters. The lowest BCUT2D eigenvalue weighted by atomic mass is 10.0. The van der Waals surface area contributed by atoms with Gasteiger partial charge in [0, 0.05) is 31.8 Å². The lowest BCUT2D eigenvalue weighted by Gasteiger charge is -2.25. The van der Waals surface area contributed by atoms with E-state index in [0.717, 1.165) is 42.7 Å². The summed E-state index contributed by atoms with van der Waals surface area (Å²) in [7, 11) is 1.38. The average molecular weight is 407 g/mol. The van der Waals surface area contributed by atoms with Gasteiger partial charge in [-0.1, -0.05) is 25.1 Å². The molecule has 0 bridgehead atoms. The van der Waals surface area contributed by atoms with Gasteiger partial charge in [-0.2, -0.15) is 0 Å². The number of halogens is 2. The van der Waals surface area contributed by atoms with E-state index in [0.29, 0.717) is 17.8 Å². The van der Waals surface area contributed by atoms with Crippen LogP contribution in [0.2, 0.25) is 0 Å². The van der Waals surface area contributed by atoms with Gasteiger partial charge in [-0.05, 0) is 45.1 Å². The molecule has 0 aliphatic carbocycles. The number of nitrogens with zero attached hydrogens (tertiary/aromatic N) is 3. The number of piperidine rings is 1. The molecule has 7 heteroatoms. The molecule has 0 aromatic heterocycles. The van der Waals surface area contributed by atoms with E-state index in [9.17, 15) is 13.6 Å². The minimum Gasteiger partial charge on any atom is -0.361 e. The Hall–Kier alpha value is -2.28. The van der Waals surface area contributed by atoms with E-state index in [4.69, 9.17) is 4.99 Å². The van der Waals surface area contributed by atoms with Gasteiger partial charge in [-0.15, -0.1) is 0 Å². The summed E-state index contributed by atoms with van der Waals surface area (Å²) >= 11 is 0. The number of alkyl halides is 2. The van der Waals surface area contributed by atoms with E-state index in [1.165, 1.54) is 32.5 Å². The van der Waals surface area contributed by atoms with Gasteiger partial charge in [-0.3, -0.25) is 9.79 Å². The average Bonchev–Trinajstić information content (AvgIpc) is 2.67. The first-order chi connectivity index (χ1) is 13.7. The first-order valence-electron chi connectivity index (χ1n) is 10.1. The van der Waals surface area contributed by atoms with Gasteiger partial charge >= 0.3 is 0 Å². The van der Waals surface area contributed by atoms with Crippen LogP contribution >= 0.6 is 0 Å². The summed E-state index contributed by atoms with van der Waals surface area (Å²) in [5.41, 5.74) is 2.42. The number of nitrogens with one attached hydrogen (secondary N) is 1. The van der Waals surface area contributed by atoms with Crippen LogP contribution in [-0.2, 0) is 0 Å². The zero-order chi connectivity index (χ0) is 21.4. The van der Waals surface area contributed by atoms with Crippen LogP contribution in [0.5, 0.6) is 0 Å². The first kappa shape index (κ1) is 23.0. The van der Waals surface area contributed by atoms with Gasteiger partial charge in [0.2, 0.25) is 0 Å². The maximum Gasteiger partial charge on any atom is 0.262 e. The van der Waals surface area contributed by atoms with E-state index in [-0.39, 0.29) is 0 Å². The highest BCUT2D eigenvalue weighted by Gasteiger charge is 2.28. The number of carbonyl (C=O) groups excluding carboxylic acids is 1. The molecule has 160 valence electrons. The number of rotatable bonds is 9. The van der Waals surface area contributed by atoms with Crippen molar-refractivity contribution in [3.63, 3.8) is 0 Å².